The van der Waals surface area contributed by atoms with Crippen molar-refractivity contribution in [1.82, 2.24) is 0 Å². The van der Waals surface area contributed by atoms with Crippen LogP contribution in [0.5, 0.6) is 0 Å². The molecule has 0 fully saturated rings. The number of carbonyl (C=O) groups excluding carboxylic acids is 2. The molecule has 0 aliphatic heterocycles. The average molecular weight is 467 g/mol. The molecule has 1 aromatic carbocycles. The molecule has 0 aromatic heterocycles. The van der Waals surface area contributed by atoms with Crippen LogP contribution < -0.4 is 22.5 Å². The molecular formula is C17H28Cl2N6O5. The topological polar surface area (TPSA) is 189 Å². The maximum atomic E-state index is 12.3. The van der Waals surface area contributed by atoms with Gasteiger partial charge < -0.3 is 27.3 Å². The predicted octanol–water partition coefficient (Wildman–Crippen LogP) is 1.71. The van der Waals surface area contributed by atoms with Gasteiger partial charge in [0.2, 0.25) is 5.91 Å². The Labute approximate surface area is 186 Å². The second kappa shape index (κ2) is 12.8. The summed E-state index contributed by atoms with van der Waals surface area (Å²) in [6.07, 6.45) is 0.824. The molecule has 7 N–H and O–H groups in total. The van der Waals surface area contributed by atoms with E-state index in [0.717, 1.165) is 6.07 Å². The number of hydrogen-bond acceptors (Lipinski definition) is 7. The quantitative estimate of drug-likeness (QED) is 0.111. The maximum absolute atomic E-state index is 12.3. The van der Waals surface area contributed by atoms with Crippen LogP contribution in [-0.4, -0.2) is 40.9 Å². The fourth-order valence-corrected chi connectivity index (χ4v) is 2.15. The number of rotatable bonds is 8. The van der Waals surface area contributed by atoms with E-state index in [2.05, 4.69) is 10.3 Å². The van der Waals surface area contributed by atoms with Crippen LogP contribution in [0.2, 0.25) is 0 Å². The molecule has 1 aromatic rings. The number of anilines is 1. The van der Waals surface area contributed by atoms with Gasteiger partial charge in [0.25, 0.3) is 5.69 Å². The van der Waals surface area contributed by atoms with E-state index in [1.54, 1.807) is 20.8 Å². The van der Waals surface area contributed by atoms with Gasteiger partial charge >= 0.3 is 5.97 Å². The number of nitrogens with one attached hydrogen (secondary N) is 1. The summed E-state index contributed by atoms with van der Waals surface area (Å²) in [5.41, 5.74) is 14.9. The Bertz CT molecular complexity index is 778. The molecule has 1 amide bonds. The van der Waals surface area contributed by atoms with Crippen molar-refractivity contribution in [2.75, 3.05) is 11.9 Å². The Hall–Kier alpha value is -2.63. The van der Waals surface area contributed by atoms with Crippen LogP contribution >= 0.6 is 24.8 Å². The van der Waals surface area contributed by atoms with Crippen LogP contribution in [-0.2, 0) is 9.53 Å². The number of nitro benzene ring substituents is 1. The number of nitrogens with zero attached hydrogens (tertiary/aromatic N) is 2. The summed E-state index contributed by atoms with van der Waals surface area (Å²) >= 11 is 0. The van der Waals surface area contributed by atoms with Crippen molar-refractivity contribution < 1.29 is 19.2 Å². The van der Waals surface area contributed by atoms with Gasteiger partial charge in [-0.3, -0.25) is 19.9 Å². The van der Waals surface area contributed by atoms with E-state index in [-0.39, 0.29) is 42.0 Å². The molecule has 30 heavy (non-hydrogen) atoms. The maximum Gasteiger partial charge on any atom is 0.345 e. The molecule has 13 heteroatoms. The number of carbonyl (C=O) groups is 2. The third-order valence-corrected chi connectivity index (χ3v) is 3.38. The largest absolute Gasteiger partial charge is 0.456 e. The standard InChI is InChI=1S/C17H26N6O5.2ClH/c1-17(2,3)28-15(25)11-9-10(6-7-13(11)23(26)27)22-14(24)12(18)5-4-8-21-16(19)20;;/h6-7,9,12H,4-5,8,18H2,1-3H3,(H,22,24)(H4,19,20,21);2*1H/t12-;;/m0../s1. The first kappa shape index (κ1) is 29.6. The minimum Gasteiger partial charge on any atom is -0.456 e. The van der Waals surface area contributed by atoms with Gasteiger partial charge in [-0.1, -0.05) is 0 Å². The zero-order valence-corrected chi connectivity index (χ0v) is 18.5. The number of nitrogens with two attached hydrogens (primary N) is 3. The minimum absolute atomic E-state index is 0. The summed E-state index contributed by atoms with van der Waals surface area (Å²) in [5.74, 6) is -1.41. The Morgan fingerprint density at radius 2 is 1.87 bits per heavy atom. The molecule has 0 saturated heterocycles. The highest BCUT2D eigenvalue weighted by Gasteiger charge is 2.26. The summed E-state index contributed by atoms with van der Waals surface area (Å²) < 4.78 is 5.19. The zero-order chi connectivity index (χ0) is 21.5. The van der Waals surface area contributed by atoms with Gasteiger partial charge in [0.1, 0.15) is 11.2 Å². The summed E-state index contributed by atoms with van der Waals surface area (Å²) in [4.78, 5) is 38.8. The molecular weight excluding hydrogens is 439 g/mol. The molecule has 0 spiro atoms. The number of esters is 1. The van der Waals surface area contributed by atoms with Gasteiger partial charge in [-0.15, -0.1) is 24.8 Å². The van der Waals surface area contributed by atoms with E-state index in [9.17, 15) is 19.7 Å². The normalized spacial score (nSPS) is 11.2. The van der Waals surface area contributed by atoms with E-state index in [1.165, 1.54) is 12.1 Å². The monoisotopic (exact) mass is 466 g/mol. The third kappa shape index (κ3) is 10.2. The number of hydrogen-bond donors (Lipinski definition) is 4. The number of halogens is 2. The van der Waals surface area contributed by atoms with Crippen molar-refractivity contribution in [3.05, 3.63) is 33.9 Å². The molecule has 0 radical (unpaired) electrons. The van der Waals surface area contributed by atoms with Gasteiger partial charge in [0.05, 0.1) is 11.0 Å². The summed E-state index contributed by atoms with van der Waals surface area (Å²) in [5, 5.41) is 13.7. The molecule has 0 aliphatic rings. The van der Waals surface area contributed by atoms with Crippen LogP contribution in [0.3, 0.4) is 0 Å². The molecule has 0 aliphatic carbocycles. The first-order valence-electron chi connectivity index (χ1n) is 8.54. The summed E-state index contributed by atoms with van der Waals surface area (Å²) in [7, 11) is 0. The van der Waals surface area contributed by atoms with E-state index in [1.807, 2.05) is 0 Å². The van der Waals surface area contributed by atoms with Gasteiger partial charge in [0.15, 0.2) is 5.96 Å². The third-order valence-electron chi connectivity index (χ3n) is 3.38. The molecule has 0 saturated carbocycles. The average Bonchev–Trinajstić information content (AvgIpc) is 2.56. The molecule has 0 unspecified atom stereocenters. The van der Waals surface area contributed by atoms with Gasteiger partial charge in [-0.25, -0.2) is 4.79 Å². The second-order valence-corrected chi connectivity index (χ2v) is 7.04. The Kier molecular flexibility index (Phi) is 12.6. The number of aliphatic imine (C=N–C) groups is 1. The van der Waals surface area contributed by atoms with Crippen molar-refractivity contribution in [2.45, 2.75) is 45.3 Å². The van der Waals surface area contributed by atoms with Crippen molar-refractivity contribution in [3.63, 3.8) is 0 Å². The van der Waals surface area contributed by atoms with E-state index < -0.39 is 34.1 Å². The smallest absolute Gasteiger partial charge is 0.345 e. The zero-order valence-electron chi connectivity index (χ0n) is 16.9. The SMILES string of the molecule is CC(C)(C)OC(=O)c1cc(NC(=O)[C@@H](N)CCCN=C(N)N)ccc1[N+](=O)[O-].Cl.Cl. The fraction of sp³-hybridized carbons (Fsp3) is 0.471. The minimum atomic E-state index is -0.864. The first-order valence-corrected chi connectivity index (χ1v) is 8.54. The lowest BCUT2D eigenvalue weighted by atomic mass is 10.1. The number of ether oxygens (including phenoxy) is 1. The van der Waals surface area contributed by atoms with E-state index in [4.69, 9.17) is 21.9 Å². The lowest BCUT2D eigenvalue weighted by Crippen LogP contribution is -2.35. The summed E-state index contributed by atoms with van der Waals surface area (Å²) in [6, 6.07) is 2.79. The Balaban J connectivity index is 0. The number of amides is 1. The number of benzene rings is 1. The second-order valence-electron chi connectivity index (χ2n) is 7.04. The van der Waals surface area contributed by atoms with Crippen LogP contribution in [0, 0.1) is 10.1 Å². The molecule has 11 nitrogen and oxygen atoms in total. The van der Waals surface area contributed by atoms with Crippen LogP contribution in [0.25, 0.3) is 0 Å². The van der Waals surface area contributed by atoms with Crippen LogP contribution in [0.4, 0.5) is 11.4 Å². The van der Waals surface area contributed by atoms with Crippen molar-refractivity contribution in [2.24, 2.45) is 22.2 Å². The van der Waals surface area contributed by atoms with E-state index in [0.29, 0.717) is 19.4 Å². The Morgan fingerprint density at radius 1 is 1.27 bits per heavy atom. The van der Waals surface area contributed by atoms with Crippen molar-refractivity contribution in [1.29, 1.82) is 0 Å². The lowest BCUT2D eigenvalue weighted by molar-refractivity contribution is -0.385. The number of nitro groups is 1. The van der Waals surface area contributed by atoms with Crippen molar-refractivity contribution in [3.8, 4) is 0 Å². The highest BCUT2D eigenvalue weighted by atomic mass is 35.5. The van der Waals surface area contributed by atoms with Gasteiger partial charge in [-0.2, -0.15) is 0 Å². The fourth-order valence-electron chi connectivity index (χ4n) is 2.15. The molecule has 1 rings (SSSR count). The molecule has 0 bridgehead atoms. The van der Waals surface area contributed by atoms with Crippen LogP contribution in [0.15, 0.2) is 23.2 Å². The molecule has 170 valence electrons. The van der Waals surface area contributed by atoms with Gasteiger partial charge in [-0.05, 0) is 45.7 Å². The van der Waals surface area contributed by atoms with Crippen LogP contribution in [0.1, 0.15) is 44.0 Å². The first-order chi connectivity index (χ1) is 12.9. The highest BCUT2D eigenvalue weighted by Crippen LogP contribution is 2.25. The van der Waals surface area contributed by atoms with Crippen molar-refractivity contribution >= 4 is 54.0 Å². The summed E-state index contributed by atoms with van der Waals surface area (Å²) in [6.45, 7) is 5.26. The number of guanidine groups is 1. The lowest BCUT2D eigenvalue weighted by Gasteiger charge is -2.19. The molecule has 0 heterocycles. The van der Waals surface area contributed by atoms with E-state index >= 15 is 0 Å². The predicted molar refractivity (Wildman–Crippen MR) is 119 cm³/mol. The van der Waals surface area contributed by atoms with Gasteiger partial charge in [0, 0.05) is 18.3 Å². The molecule has 1 atom stereocenters. The Morgan fingerprint density at radius 3 is 2.37 bits per heavy atom. The highest BCUT2D eigenvalue weighted by molar-refractivity contribution is 5.99.